The standard InChI is InChI=1S/C20H22N2O2S/c1-15-8-4-5-9-16(15)12-13-20(24)22(2)14-19(23)21-17-10-6-7-11-18(17)25-3/h4-13H,14H2,1-3H3,(H,21,23)/b13-12+. The van der Waals surface area contributed by atoms with Crippen LogP contribution >= 0.6 is 11.8 Å². The van der Waals surface area contributed by atoms with Crippen molar-refractivity contribution in [1.29, 1.82) is 0 Å². The van der Waals surface area contributed by atoms with E-state index < -0.39 is 0 Å². The fourth-order valence-corrected chi connectivity index (χ4v) is 2.85. The number of likely N-dealkylation sites (N-methyl/N-ethyl adjacent to an activating group) is 1. The second-order valence-electron chi connectivity index (χ2n) is 5.63. The molecule has 0 heterocycles. The minimum absolute atomic E-state index is 0.000337. The maximum atomic E-state index is 12.2. The van der Waals surface area contributed by atoms with E-state index in [1.165, 1.54) is 11.0 Å². The first-order valence-corrected chi connectivity index (χ1v) is 9.15. The van der Waals surface area contributed by atoms with Crippen molar-refractivity contribution >= 4 is 35.3 Å². The summed E-state index contributed by atoms with van der Waals surface area (Å²) in [6.45, 7) is 1.99. The number of hydrogen-bond donors (Lipinski definition) is 1. The monoisotopic (exact) mass is 354 g/mol. The minimum Gasteiger partial charge on any atom is -0.333 e. The predicted molar refractivity (Wildman–Crippen MR) is 105 cm³/mol. The zero-order valence-electron chi connectivity index (χ0n) is 14.7. The van der Waals surface area contributed by atoms with Crippen molar-refractivity contribution in [2.45, 2.75) is 11.8 Å². The molecule has 25 heavy (non-hydrogen) atoms. The highest BCUT2D eigenvalue weighted by atomic mass is 32.2. The Morgan fingerprint density at radius 1 is 1.12 bits per heavy atom. The van der Waals surface area contributed by atoms with E-state index in [1.54, 1.807) is 24.9 Å². The highest BCUT2D eigenvalue weighted by Gasteiger charge is 2.12. The third-order valence-electron chi connectivity index (χ3n) is 3.73. The molecule has 1 N–H and O–H groups in total. The lowest BCUT2D eigenvalue weighted by Gasteiger charge is -2.16. The van der Waals surface area contributed by atoms with E-state index in [9.17, 15) is 9.59 Å². The lowest BCUT2D eigenvalue weighted by molar-refractivity contribution is -0.129. The van der Waals surface area contributed by atoms with Gasteiger partial charge >= 0.3 is 0 Å². The molecule has 0 aliphatic carbocycles. The van der Waals surface area contributed by atoms with Crippen LogP contribution in [0.5, 0.6) is 0 Å². The molecule has 5 heteroatoms. The van der Waals surface area contributed by atoms with Gasteiger partial charge in [-0.3, -0.25) is 9.59 Å². The predicted octanol–water partition coefficient (Wildman–Crippen LogP) is 3.83. The number of carbonyl (C=O) groups excluding carboxylic acids is 2. The highest BCUT2D eigenvalue weighted by Crippen LogP contribution is 2.24. The second kappa shape index (κ2) is 9.08. The molecule has 0 saturated heterocycles. The molecule has 0 saturated carbocycles. The number of hydrogen-bond acceptors (Lipinski definition) is 3. The SMILES string of the molecule is CSc1ccccc1NC(=O)CN(C)C(=O)/C=C/c1ccccc1C. The van der Waals surface area contributed by atoms with E-state index in [4.69, 9.17) is 0 Å². The molecule has 0 aliphatic heterocycles. The summed E-state index contributed by atoms with van der Waals surface area (Å²) in [5.74, 6) is -0.432. The van der Waals surface area contributed by atoms with E-state index in [-0.39, 0.29) is 18.4 Å². The van der Waals surface area contributed by atoms with Crippen LogP contribution in [0.25, 0.3) is 6.08 Å². The molecule has 130 valence electrons. The molecule has 0 fully saturated rings. The van der Waals surface area contributed by atoms with Crippen LogP contribution < -0.4 is 5.32 Å². The van der Waals surface area contributed by atoms with E-state index in [0.717, 1.165) is 21.7 Å². The Bertz CT molecular complexity index is 787. The first-order valence-electron chi connectivity index (χ1n) is 7.93. The van der Waals surface area contributed by atoms with Crippen LogP contribution in [0.15, 0.2) is 59.5 Å². The number of nitrogens with one attached hydrogen (secondary N) is 1. The summed E-state index contributed by atoms with van der Waals surface area (Å²) in [5, 5.41) is 2.85. The number of para-hydroxylation sites is 1. The molecule has 2 rings (SSSR count). The number of amides is 2. The molecule has 0 radical (unpaired) electrons. The van der Waals surface area contributed by atoms with Gasteiger partial charge in [0.15, 0.2) is 0 Å². The number of aryl methyl sites for hydroxylation is 1. The molecule has 0 aromatic heterocycles. The number of thioether (sulfide) groups is 1. The molecular weight excluding hydrogens is 332 g/mol. The highest BCUT2D eigenvalue weighted by molar-refractivity contribution is 7.98. The van der Waals surface area contributed by atoms with Gasteiger partial charge in [0.2, 0.25) is 11.8 Å². The van der Waals surface area contributed by atoms with Gasteiger partial charge in [-0.2, -0.15) is 0 Å². The Morgan fingerprint density at radius 3 is 2.52 bits per heavy atom. The topological polar surface area (TPSA) is 49.4 Å². The van der Waals surface area contributed by atoms with E-state index in [2.05, 4.69) is 5.32 Å². The smallest absolute Gasteiger partial charge is 0.246 e. The van der Waals surface area contributed by atoms with Gasteiger partial charge in [-0.1, -0.05) is 36.4 Å². The van der Waals surface area contributed by atoms with Crippen molar-refractivity contribution in [3.05, 3.63) is 65.7 Å². The van der Waals surface area contributed by atoms with Gasteiger partial charge in [-0.15, -0.1) is 11.8 Å². The normalized spacial score (nSPS) is 10.7. The van der Waals surface area contributed by atoms with Gasteiger partial charge in [-0.25, -0.2) is 0 Å². The number of carbonyl (C=O) groups is 2. The fraction of sp³-hybridized carbons (Fsp3) is 0.200. The van der Waals surface area contributed by atoms with Gasteiger partial charge in [0.05, 0.1) is 12.2 Å². The quantitative estimate of drug-likeness (QED) is 0.634. The van der Waals surface area contributed by atoms with Crippen molar-refractivity contribution in [2.75, 3.05) is 25.2 Å². The lowest BCUT2D eigenvalue weighted by atomic mass is 10.1. The van der Waals surface area contributed by atoms with E-state index in [0.29, 0.717) is 0 Å². The first-order chi connectivity index (χ1) is 12.0. The molecule has 0 atom stereocenters. The van der Waals surface area contributed by atoms with Gasteiger partial charge in [0.25, 0.3) is 0 Å². The Hall–Kier alpha value is -2.53. The molecule has 2 aromatic carbocycles. The number of anilines is 1. The molecular formula is C20H22N2O2S. The summed E-state index contributed by atoms with van der Waals surface area (Å²) in [4.78, 5) is 26.8. The molecule has 0 aliphatic rings. The molecule has 0 bridgehead atoms. The summed E-state index contributed by atoms with van der Waals surface area (Å²) in [7, 11) is 1.62. The van der Waals surface area contributed by atoms with Crippen LogP contribution in [-0.2, 0) is 9.59 Å². The molecule has 0 spiro atoms. The maximum absolute atomic E-state index is 12.2. The van der Waals surface area contributed by atoms with Crippen molar-refractivity contribution in [3.8, 4) is 0 Å². The minimum atomic E-state index is -0.221. The van der Waals surface area contributed by atoms with Crippen LogP contribution in [-0.4, -0.2) is 36.6 Å². The van der Waals surface area contributed by atoms with Crippen molar-refractivity contribution in [2.24, 2.45) is 0 Å². The van der Waals surface area contributed by atoms with Crippen molar-refractivity contribution in [1.82, 2.24) is 4.90 Å². The molecule has 2 aromatic rings. The van der Waals surface area contributed by atoms with Crippen LogP contribution in [0.4, 0.5) is 5.69 Å². The van der Waals surface area contributed by atoms with E-state index in [1.807, 2.05) is 61.7 Å². The summed E-state index contributed by atoms with van der Waals surface area (Å²) in [5.41, 5.74) is 2.85. The van der Waals surface area contributed by atoms with Crippen molar-refractivity contribution in [3.63, 3.8) is 0 Å². The number of rotatable bonds is 6. The second-order valence-corrected chi connectivity index (χ2v) is 6.48. The summed E-state index contributed by atoms with van der Waals surface area (Å²) in [6.07, 6.45) is 5.22. The average Bonchev–Trinajstić information content (AvgIpc) is 2.61. The Labute approximate surface area is 152 Å². The van der Waals surface area contributed by atoms with Crippen LogP contribution in [0, 0.1) is 6.92 Å². The van der Waals surface area contributed by atoms with Gasteiger partial charge in [-0.05, 0) is 42.5 Å². The first kappa shape index (κ1) is 18.8. The van der Waals surface area contributed by atoms with Crippen LogP contribution in [0.2, 0.25) is 0 Å². The van der Waals surface area contributed by atoms with Gasteiger partial charge in [0, 0.05) is 18.0 Å². The van der Waals surface area contributed by atoms with Gasteiger partial charge in [0.1, 0.15) is 0 Å². The lowest BCUT2D eigenvalue weighted by Crippen LogP contribution is -2.33. The molecule has 2 amide bonds. The zero-order valence-corrected chi connectivity index (χ0v) is 15.5. The number of benzene rings is 2. The Kier molecular flexibility index (Phi) is 6.83. The fourth-order valence-electron chi connectivity index (χ4n) is 2.29. The van der Waals surface area contributed by atoms with Crippen LogP contribution in [0.3, 0.4) is 0 Å². The largest absolute Gasteiger partial charge is 0.333 e. The zero-order chi connectivity index (χ0) is 18.2. The summed E-state index contributed by atoms with van der Waals surface area (Å²) < 4.78 is 0. The Balaban J connectivity index is 1.94. The third-order valence-corrected chi connectivity index (χ3v) is 4.53. The number of nitrogens with zero attached hydrogens (tertiary/aromatic N) is 1. The summed E-state index contributed by atoms with van der Waals surface area (Å²) >= 11 is 1.56. The van der Waals surface area contributed by atoms with Crippen LogP contribution in [0.1, 0.15) is 11.1 Å². The Morgan fingerprint density at radius 2 is 1.80 bits per heavy atom. The third kappa shape index (κ3) is 5.50. The summed E-state index contributed by atoms with van der Waals surface area (Å²) in [6, 6.07) is 15.4. The maximum Gasteiger partial charge on any atom is 0.246 e. The molecule has 4 nitrogen and oxygen atoms in total. The average molecular weight is 354 g/mol. The van der Waals surface area contributed by atoms with Crippen molar-refractivity contribution < 1.29 is 9.59 Å². The van der Waals surface area contributed by atoms with Gasteiger partial charge < -0.3 is 10.2 Å². The molecule has 0 unspecified atom stereocenters. The van der Waals surface area contributed by atoms with E-state index >= 15 is 0 Å².